The molecule has 3 aliphatic rings. The Morgan fingerprint density at radius 3 is 1.42 bits per heavy atom. The van der Waals surface area contributed by atoms with Crippen LogP contribution in [0.1, 0.15) is 47.2 Å². The average Bonchev–Trinajstić information content (AvgIpc) is 3.94. The Kier molecular flexibility index (Phi) is 7.70. The van der Waals surface area contributed by atoms with Crippen LogP contribution in [0.5, 0.6) is 0 Å². The summed E-state index contributed by atoms with van der Waals surface area (Å²) in [5, 5.41) is 2.23. The molecule has 3 aliphatic carbocycles. The summed E-state index contributed by atoms with van der Waals surface area (Å²) in [5.41, 5.74) is 25.2. The predicted molar refractivity (Wildman–Crippen MR) is 273 cm³/mol. The Bertz CT molecular complexity index is 3740. The van der Waals surface area contributed by atoms with Crippen molar-refractivity contribution in [2.75, 3.05) is 4.90 Å². The van der Waals surface area contributed by atoms with Crippen molar-refractivity contribution in [2.45, 2.75) is 24.7 Å². The molecule has 1 spiro atoms. The zero-order chi connectivity index (χ0) is 43.7. The van der Waals surface area contributed by atoms with Gasteiger partial charge in [0.15, 0.2) is 0 Å². The van der Waals surface area contributed by atoms with Gasteiger partial charge in [0.05, 0.1) is 5.41 Å². The number of hydrogen-bond acceptors (Lipinski definition) is 2. The van der Waals surface area contributed by atoms with Crippen LogP contribution >= 0.6 is 0 Å². The van der Waals surface area contributed by atoms with Gasteiger partial charge in [-0.1, -0.05) is 184 Å². The molecule has 0 saturated heterocycles. The Morgan fingerprint density at radius 1 is 0.303 bits per heavy atom. The maximum absolute atomic E-state index is 6.31. The fraction of sp³-hybridized carbons (Fsp3) is 0.0625. The summed E-state index contributed by atoms with van der Waals surface area (Å²) in [7, 11) is 0. The molecule has 0 N–H and O–H groups in total. The zero-order valence-electron chi connectivity index (χ0n) is 36.7. The Labute approximate surface area is 384 Å². The summed E-state index contributed by atoms with van der Waals surface area (Å²) >= 11 is 0. The van der Waals surface area contributed by atoms with Gasteiger partial charge in [-0.05, 0) is 144 Å². The fourth-order valence-electron chi connectivity index (χ4n) is 12.2. The molecule has 0 aliphatic heterocycles. The van der Waals surface area contributed by atoms with Crippen LogP contribution in [0.15, 0.2) is 229 Å². The smallest absolute Gasteiger partial charge is 0.135 e. The average molecular weight is 842 g/mol. The molecule has 0 atom stereocenters. The summed E-state index contributed by atoms with van der Waals surface area (Å²) < 4.78 is 6.31. The van der Waals surface area contributed by atoms with Crippen LogP contribution in [0.3, 0.4) is 0 Å². The van der Waals surface area contributed by atoms with E-state index in [-0.39, 0.29) is 5.41 Å². The van der Waals surface area contributed by atoms with E-state index < -0.39 is 5.41 Å². The van der Waals surface area contributed by atoms with Gasteiger partial charge in [-0.25, -0.2) is 0 Å². The zero-order valence-corrected chi connectivity index (χ0v) is 36.7. The molecule has 2 heteroatoms. The van der Waals surface area contributed by atoms with Gasteiger partial charge >= 0.3 is 0 Å². The van der Waals surface area contributed by atoms with Crippen molar-refractivity contribution in [3.05, 3.63) is 258 Å². The lowest BCUT2D eigenvalue weighted by atomic mass is 9.66. The van der Waals surface area contributed by atoms with E-state index in [2.05, 4.69) is 237 Å². The van der Waals surface area contributed by atoms with Crippen molar-refractivity contribution in [1.82, 2.24) is 0 Å². The van der Waals surface area contributed by atoms with Crippen molar-refractivity contribution >= 4 is 39.0 Å². The largest absolute Gasteiger partial charge is 0.456 e. The van der Waals surface area contributed by atoms with Crippen LogP contribution in [0.4, 0.5) is 17.1 Å². The normalized spacial score (nSPS) is 14.2. The van der Waals surface area contributed by atoms with E-state index in [1.165, 1.54) is 89.0 Å². The van der Waals surface area contributed by atoms with Gasteiger partial charge < -0.3 is 9.32 Å². The molecule has 66 heavy (non-hydrogen) atoms. The van der Waals surface area contributed by atoms with E-state index in [0.29, 0.717) is 0 Å². The highest BCUT2D eigenvalue weighted by Crippen LogP contribution is 2.62. The standard InChI is InChI=1S/C64H43NO/c1-63(2)55-22-10-5-19-49(55)51-34-32-44(39-60(51)63)65(43-33-36-62-54(38-43)52-21-9-14-26-61(52)66-62)42-30-27-40(28-31-42)41-29-35-59-53(37-41)50-20-8-13-25-58(50)64(59)56-23-11-6-17-47(56)45-15-3-4-16-46(45)48-18-7-12-24-57(48)64/h3-39H,1-2H3. The van der Waals surface area contributed by atoms with Gasteiger partial charge in [-0.2, -0.15) is 0 Å². The summed E-state index contributed by atoms with van der Waals surface area (Å²) in [6.45, 7) is 4.71. The van der Waals surface area contributed by atoms with Crippen molar-refractivity contribution in [1.29, 1.82) is 0 Å². The fourth-order valence-corrected chi connectivity index (χ4v) is 12.2. The van der Waals surface area contributed by atoms with Crippen molar-refractivity contribution in [2.24, 2.45) is 0 Å². The van der Waals surface area contributed by atoms with Gasteiger partial charge in [0, 0.05) is 33.2 Å². The van der Waals surface area contributed by atoms with Crippen LogP contribution in [0, 0.1) is 0 Å². The molecule has 310 valence electrons. The third-order valence-electron chi connectivity index (χ3n) is 15.1. The number of hydrogen-bond donors (Lipinski definition) is 0. The molecular weight excluding hydrogens is 799 g/mol. The van der Waals surface area contributed by atoms with Gasteiger partial charge in [0.2, 0.25) is 0 Å². The molecule has 0 amide bonds. The SMILES string of the molecule is CC1(C)c2ccccc2-c2ccc(N(c3ccc(-c4ccc5c(c4)-c4ccccc4C54c5ccccc5-c5ccccc5-c5ccccc54)cc3)c3ccc4oc5ccccc5c4c3)cc21. The molecule has 14 rings (SSSR count). The first kappa shape index (κ1) is 37.2. The third kappa shape index (κ3) is 5.01. The molecule has 0 saturated carbocycles. The molecule has 0 bridgehead atoms. The van der Waals surface area contributed by atoms with Crippen molar-refractivity contribution in [3.8, 4) is 55.6 Å². The van der Waals surface area contributed by atoms with E-state index in [0.717, 1.165) is 39.0 Å². The minimum atomic E-state index is -0.492. The van der Waals surface area contributed by atoms with E-state index in [9.17, 15) is 0 Å². The topological polar surface area (TPSA) is 16.4 Å². The van der Waals surface area contributed by atoms with Gasteiger partial charge in [0.25, 0.3) is 0 Å². The van der Waals surface area contributed by atoms with Gasteiger partial charge in [-0.3, -0.25) is 0 Å². The van der Waals surface area contributed by atoms with Crippen LogP contribution in [0.2, 0.25) is 0 Å². The second-order valence-corrected chi connectivity index (χ2v) is 18.8. The quantitative estimate of drug-likeness (QED) is 0.176. The Hall–Kier alpha value is -8.20. The van der Waals surface area contributed by atoms with E-state index in [4.69, 9.17) is 4.42 Å². The molecule has 0 radical (unpaired) electrons. The van der Waals surface area contributed by atoms with Crippen molar-refractivity contribution < 1.29 is 4.42 Å². The lowest BCUT2D eigenvalue weighted by molar-refractivity contribution is 0.660. The Balaban J connectivity index is 0.922. The number of nitrogens with zero attached hydrogens (tertiary/aromatic N) is 1. The highest BCUT2D eigenvalue weighted by Gasteiger charge is 2.49. The molecule has 2 nitrogen and oxygen atoms in total. The summed E-state index contributed by atoms with van der Waals surface area (Å²) in [6, 6.07) is 83.5. The minimum absolute atomic E-state index is 0.127. The van der Waals surface area contributed by atoms with Crippen LogP contribution in [-0.4, -0.2) is 0 Å². The first-order chi connectivity index (χ1) is 32.5. The molecule has 1 heterocycles. The molecule has 11 aromatic rings. The Morgan fingerprint density at radius 2 is 0.758 bits per heavy atom. The molecule has 0 unspecified atom stereocenters. The molecule has 10 aromatic carbocycles. The monoisotopic (exact) mass is 841 g/mol. The minimum Gasteiger partial charge on any atom is -0.456 e. The maximum atomic E-state index is 6.31. The lowest BCUT2D eigenvalue weighted by Gasteiger charge is -2.35. The van der Waals surface area contributed by atoms with E-state index in [1.54, 1.807) is 0 Å². The third-order valence-corrected chi connectivity index (χ3v) is 15.1. The summed E-state index contributed by atoms with van der Waals surface area (Å²) in [5.74, 6) is 0. The van der Waals surface area contributed by atoms with E-state index in [1.807, 2.05) is 6.07 Å². The van der Waals surface area contributed by atoms with Gasteiger partial charge in [-0.15, -0.1) is 0 Å². The lowest BCUT2D eigenvalue weighted by Crippen LogP contribution is -2.29. The predicted octanol–water partition coefficient (Wildman–Crippen LogP) is 17.0. The van der Waals surface area contributed by atoms with Gasteiger partial charge in [0.1, 0.15) is 11.2 Å². The second kappa shape index (κ2) is 13.7. The summed E-state index contributed by atoms with van der Waals surface area (Å²) in [4.78, 5) is 2.41. The second-order valence-electron chi connectivity index (χ2n) is 18.8. The molecule has 1 aromatic heterocycles. The highest BCUT2D eigenvalue weighted by molar-refractivity contribution is 6.07. The maximum Gasteiger partial charge on any atom is 0.135 e. The van der Waals surface area contributed by atoms with Crippen LogP contribution in [-0.2, 0) is 10.8 Å². The summed E-state index contributed by atoms with van der Waals surface area (Å²) in [6.07, 6.45) is 0. The van der Waals surface area contributed by atoms with Crippen molar-refractivity contribution in [3.63, 3.8) is 0 Å². The number of furan rings is 1. The van der Waals surface area contributed by atoms with E-state index >= 15 is 0 Å². The first-order valence-electron chi connectivity index (χ1n) is 23.1. The number of fused-ring (bicyclic) bond motifs is 18. The number of rotatable bonds is 4. The van der Waals surface area contributed by atoms with Crippen LogP contribution < -0.4 is 4.90 Å². The first-order valence-corrected chi connectivity index (χ1v) is 23.1. The molecular formula is C64H43NO. The number of para-hydroxylation sites is 1. The van der Waals surface area contributed by atoms with Crippen LogP contribution in [0.25, 0.3) is 77.6 Å². The highest BCUT2D eigenvalue weighted by atomic mass is 16.3. The number of benzene rings is 10. The molecule has 0 fully saturated rings. The number of anilines is 3.